The van der Waals surface area contributed by atoms with Crippen LogP contribution in [0.25, 0.3) is 10.9 Å². The van der Waals surface area contributed by atoms with Crippen LogP contribution >= 0.6 is 15.9 Å². The van der Waals surface area contributed by atoms with Crippen molar-refractivity contribution in [3.8, 4) is 0 Å². The van der Waals surface area contributed by atoms with E-state index in [1.54, 1.807) is 23.1 Å². The third-order valence-electron chi connectivity index (χ3n) is 4.19. The molecule has 0 fully saturated rings. The van der Waals surface area contributed by atoms with Crippen molar-refractivity contribution in [1.82, 2.24) is 14.9 Å². The van der Waals surface area contributed by atoms with E-state index in [0.717, 1.165) is 10.0 Å². The van der Waals surface area contributed by atoms with E-state index in [1.165, 1.54) is 0 Å². The number of carbonyl (C=O) groups is 1. The number of aromatic nitrogens is 2. The average molecular weight is 414 g/mol. The summed E-state index contributed by atoms with van der Waals surface area (Å²) < 4.78 is 0.979. The predicted octanol–water partition coefficient (Wildman–Crippen LogP) is 3.67. The average Bonchev–Trinajstić information content (AvgIpc) is 2.61. The Morgan fingerprint density at radius 1 is 1.15 bits per heavy atom. The number of benzene rings is 2. The summed E-state index contributed by atoms with van der Waals surface area (Å²) in [6.45, 7) is 4.18. The van der Waals surface area contributed by atoms with Crippen molar-refractivity contribution < 1.29 is 4.79 Å². The highest BCUT2D eigenvalue weighted by Gasteiger charge is 2.19. The summed E-state index contributed by atoms with van der Waals surface area (Å²) in [5.41, 5.74) is 1.40. The number of hydrogen-bond donors (Lipinski definition) is 1. The van der Waals surface area contributed by atoms with Crippen LogP contribution in [0.1, 0.15) is 25.2 Å². The standard InChI is InChI=1S/C20H20BrN3O2/c1-13(2)24(19(25)11-14-7-9-15(21)10-8-14)12-18-22-17-6-4-3-5-16(17)20(26)23-18/h3-10,13H,11-12H2,1-2H3,(H,22,23,26). The molecular weight excluding hydrogens is 394 g/mol. The monoisotopic (exact) mass is 413 g/mol. The van der Waals surface area contributed by atoms with Gasteiger partial charge in [0.15, 0.2) is 0 Å². The van der Waals surface area contributed by atoms with Gasteiger partial charge in [-0.25, -0.2) is 4.98 Å². The summed E-state index contributed by atoms with van der Waals surface area (Å²) in [5.74, 6) is 0.490. The number of rotatable bonds is 5. The van der Waals surface area contributed by atoms with E-state index in [2.05, 4.69) is 25.9 Å². The van der Waals surface area contributed by atoms with Crippen LogP contribution < -0.4 is 5.56 Å². The summed E-state index contributed by atoms with van der Waals surface area (Å²) in [4.78, 5) is 34.1. The van der Waals surface area contributed by atoms with Crippen LogP contribution in [0, 0.1) is 0 Å². The highest BCUT2D eigenvalue weighted by atomic mass is 79.9. The van der Waals surface area contributed by atoms with Crippen molar-refractivity contribution in [3.05, 3.63) is 74.7 Å². The quantitative estimate of drug-likeness (QED) is 0.693. The number of fused-ring (bicyclic) bond motifs is 1. The smallest absolute Gasteiger partial charge is 0.258 e. The second-order valence-electron chi connectivity index (χ2n) is 6.45. The number of halogens is 1. The number of amides is 1. The fraction of sp³-hybridized carbons (Fsp3) is 0.250. The Bertz CT molecular complexity index is 980. The molecule has 1 amide bonds. The lowest BCUT2D eigenvalue weighted by Gasteiger charge is -2.26. The van der Waals surface area contributed by atoms with Crippen molar-refractivity contribution in [2.75, 3.05) is 0 Å². The van der Waals surface area contributed by atoms with Crippen LogP contribution in [0.5, 0.6) is 0 Å². The van der Waals surface area contributed by atoms with Gasteiger partial charge in [0.1, 0.15) is 5.82 Å². The first kappa shape index (κ1) is 18.3. The Hall–Kier alpha value is -2.47. The molecule has 0 radical (unpaired) electrons. The summed E-state index contributed by atoms with van der Waals surface area (Å²) in [7, 11) is 0. The Kier molecular flexibility index (Phi) is 5.52. The van der Waals surface area contributed by atoms with Gasteiger partial charge in [-0.15, -0.1) is 0 Å². The van der Waals surface area contributed by atoms with E-state index in [4.69, 9.17) is 0 Å². The maximum Gasteiger partial charge on any atom is 0.258 e. The van der Waals surface area contributed by atoms with Crippen molar-refractivity contribution >= 4 is 32.7 Å². The first-order chi connectivity index (χ1) is 12.4. The topological polar surface area (TPSA) is 66.1 Å². The van der Waals surface area contributed by atoms with E-state index in [0.29, 0.717) is 23.1 Å². The Balaban J connectivity index is 1.83. The molecule has 1 aromatic heterocycles. The van der Waals surface area contributed by atoms with Gasteiger partial charge in [-0.05, 0) is 43.7 Å². The fourth-order valence-electron chi connectivity index (χ4n) is 2.81. The van der Waals surface area contributed by atoms with Crippen molar-refractivity contribution in [2.24, 2.45) is 0 Å². The number of aromatic amines is 1. The van der Waals surface area contributed by atoms with Gasteiger partial charge in [0.25, 0.3) is 5.56 Å². The van der Waals surface area contributed by atoms with E-state index in [-0.39, 0.29) is 24.1 Å². The summed E-state index contributed by atoms with van der Waals surface area (Å²) in [5, 5.41) is 0.550. The van der Waals surface area contributed by atoms with Crippen LogP contribution in [-0.4, -0.2) is 26.8 Å². The van der Waals surface area contributed by atoms with Crippen LogP contribution in [0.15, 0.2) is 57.8 Å². The van der Waals surface area contributed by atoms with Gasteiger partial charge in [0, 0.05) is 10.5 Å². The SMILES string of the molecule is CC(C)N(Cc1nc2ccccc2c(=O)[nH]1)C(=O)Cc1ccc(Br)cc1. The largest absolute Gasteiger partial charge is 0.333 e. The molecule has 3 rings (SSSR count). The summed E-state index contributed by atoms with van der Waals surface area (Å²) in [6, 6.07) is 14.9. The highest BCUT2D eigenvalue weighted by Crippen LogP contribution is 2.14. The zero-order valence-electron chi connectivity index (χ0n) is 14.7. The minimum Gasteiger partial charge on any atom is -0.333 e. The second-order valence-corrected chi connectivity index (χ2v) is 7.36. The zero-order valence-corrected chi connectivity index (χ0v) is 16.3. The Morgan fingerprint density at radius 3 is 2.54 bits per heavy atom. The van der Waals surface area contributed by atoms with Gasteiger partial charge in [-0.2, -0.15) is 0 Å². The first-order valence-corrected chi connectivity index (χ1v) is 9.25. The number of hydrogen-bond acceptors (Lipinski definition) is 3. The predicted molar refractivity (Wildman–Crippen MR) is 106 cm³/mol. The maximum atomic E-state index is 12.8. The molecule has 2 aromatic carbocycles. The molecule has 1 N–H and O–H groups in total. The summed E-state index contributed by atoms with van der Waals surface area (Å²) in [6.07, 6.45) is 0.309. The molecule has 3 aromatic rings. The molecule has 0 aliphatic heterocycles. The third-order valence-corrected chi connectivity index (χ3v) is 4.72. The molecule has 5 nitrogen and oxygen atoms in total. The van der Waals surface area contributed by atoms with Crippen LogP contribution in [0.3, 0.4) is 0 Å². The van der Waals surface area contributed by atoms with Gasteiger partial charge in [-0.3, -0.25) is 9.59 Å². The van der Waals surface area contributed by atoms with Crippen LogP contribution in [0.2, 0.25) is 0 Å². The molecule has 0 spiro atoms. The molecule has 0 saturated carbocycles. The van der Waals surface area contributed by atoms with E-state index in [1.807, 2.05) is 44.2 Å². The lowest BCUT2D eigenvalue weighted by atomic mass is 10.1. The highest BCUT2D eigenvalue weighted by molar-refractivity contribution is 9.10. The Morgan fingerprint density at radius 2 is 1.85 bits per heavy atom. The zero-order chi connectivity index (χ0) is 18.7. The van der Waals surface area contributed by atoms with Crippen LogP contribution in [-0.2, 0) is 17.8 Å². The molecule has 26 heavy (non-hydrogen) atoms. The molecule has 6 heteroatoms. The van der Waals surface area contributed by atoms with Gasteiger partial charge < -0.3 is 9.88 Å². The van der Waals surface area contributed by atoms with E-state index >= 15 is 0 Å². The van der Waals surface area contributed by atoms with Crippen LogP contribution in [0.4, 0.5) is 0 Å². The minimum absolute atomic E-state index is 0.00173. The number of H-pyrrole nitrogens is 1. The molecule has 134 valence electrons. The first-order valence-electron chi connectivity index (χ1n) is 8.46. The normalized spacial score (nSPS) is 11.1. The molecule has 0 aliphatic rings. The molecule has 0 saturated heterocycles. The number of nitrogens with one attached hydrogen (secondary N) is 1. The van der Waals surface area contributed by atoms with Gasteiger partial charge >= 0.3 is 0 Å². The molecule has 0 bridgehead atoms. The third kappa shape index (κ3) is 4.19. The molecule has 0 aliphatic carbocycles. The van der Waals surface area contributed by atoms with Gasteiger partial charge in [-0.1, -0.05) is 40.2 Å². The lowest BCUT2D eigenvalue weighted by Crippen LogP contribution is -2.38. The number of nitrogens with zero attached hydrogens (tertiary/aromatic N) is 2. The molecule has 0 atom stereocenters. The second kappa shape index (κ2) is 7.83. The van der Waals surface area contributed by atoms with E-state index in [9.17, 15) is 9.59 Å². The number of carbonyl (C=O) groups excluding carboxylic acids is 1. The molecule has 0 unspecified atom stereocenters. The number of para-hydroxylation sites is 1. The minimum atomic E-state index is -0.185. The van der Waals surface area contributed by atoms with Gasteiger partial charge in [0.2, 0.25) is 5.91 Å². The Labute approximate surface area is 160 Å². The van der Waals surface area contributed by atoms with Crippen molar-refractivity contribution in [2.45, 2.75) is 32.9 Å². The lowest BCUT2D eigenvalue weighted by molar-refractivity contribution is -0.132. The van der Waals surface area contributed by atoms with E-state index < -0.39 is 0 Å². The molecule has 1 heterocycles. The van der Waals surface area contributed by atoms with Crippen molar-refractivity contribution in [1.29, 1.82) is 0 Å². The van der Waals surface area contributed by atoms with Gasteiger partial charge in [0.05, 0.1) is 23.9 Å². The summed E-state index contributed by atoms with van der Waals surface area (Å²) >= 11 is 3.40. The maximum absolute atomic E-state index is 12.8. The molecular formula is C20H20BrN3O2. The van der Waals surface area contributed by atoms with Crippen molar-refractivity contribution in [3.63, 3.8) is 0 Å². The fourth-order valence-corrected chi connectivity index (χ4v) is 3.07.